The van der Waals surface area contributed by atoms with Gasteiger partial charge in [0.05, 0.1) is 16.5 Å². The minimum atomic E-state index is -3.20. The Morgan fingerprint density at radius 3 is 2.45 bits per heavy atom. The first-order valence-corrected chi connectivity index (χ1v) is 9.37. The van der Waals surface area contributed by atoms with Gasteiger partial charge in [-0.3, -0.25) is 4.79 Å². The fourth-order valence-electron chi connectivity index (χ4n) is 3.28. The molecule has 0 radical (unpaired) electrons. The molecule has 1 aliphatic heterocycles. The molecule has 0 aromatic carbocycles. The molecule has 2 aliphatic rings. The van der Waals surface area contributed by atoms with Crippen LogP contribution in [-0.4, -0.2) is 36.8 Å². The molecule has 1 heterocycles. The first kappa shape index (κ1) is 16.0. The zero-order valence-electron chi connectivity index (χ0n) is 12.8. The Labute approximate surface area is 122 Å². The SMILES string of the molecule is CC(C)(C)S(=O)(=O)CCC(=O)C1CC2CCCCC2N1. The van der Waals surface area contributed by atoms with Gasteiger partial charge in [-0.05, 0) is 46.0 Å². The van der Waals surface area contributed by atoms with Crippen molar-refractivity contribution in [3.05, 3.63) is 0 Å². The zero-order chi connectivity index (χ0) is 15.0. The third-order valence-electron chi connectivity index (χ3n) is 4.80. The van der Waals surface area contributed by atoms with Gasteiger partial charge >= 0.3 is 0 Å². The molecule has 0 bridgehead atoms. The smallest absolute Gasteiger partial charge is 0.155 e. The van der Waals surface area contributed by atoms with Crippen LogP contribution in [0.2, 0.25) is 0 Å². The van der Waals surface area contributed by atoms with Crippen molar-refractivity contribution in [2.45, 2.75) is 76.1 Å². The van der Waals surface area contributed by atoms with Crippen LogP contribution >= 0.6 is 0 Å². The summed E-state index contributed by atoms with van der Waals surface area (Å²) in [5.41, 5.74) is 0. The second-order valence-corrected chi connectivity index (χ2v) is 10.1. The number of carbonyl (C=O) groups excluding carboxylic acids is 1. The van der Waals surface area contributed by atoms with Gasteiger partial charge in [-0.2, -0.15) is 0 Å². The van der Waals surface area contributed by atoms with E-state index < -0.39 is 14.6 Å². The quantitative estimate of drug-likeness (QED) is 0.863. The molecule has 3 atom stereocenters. The summed E-state index contributed by atoms with van der Waals surface area (Å²) in [4.78, 5) is 12.2. The van der Waals surface area contributed by atoms with Crippen LogP contribution in [-0.2, 0) is 14.6 Å². The summed E-state index contributed by atoms with van der Waals surface area (Å²) in [5, 5.41) is 3.42. The van der Waals surface area contributed by atoms with Crippen LogP contribution in [0.5, 0.6) is 0 Å². The lowest BCUT2D eigenvalue weighted by molar-refractivity contribution is -0.120. The number of hydrogen-bond acceptors (Lipinski definition) is 4. The molecule has 4 nitrogen and oxygen atoms in total. The molecule has 0 aromatic heterocycles. The second-order valence-electron chi connectivity index (χ2n) is 7.25. The minimum absolute atomic E-state index is 0.0250. The monoisotopic (exact) mass is 301 g/mol. The van der Waals surface area contributed by atoms with E-state index in [4.69, 9.17) is 0 Å². The first-order chi connectivity index (χ1) is 9.21. The fraction of sp³-hybridized carbons (Fsp3) is 0.933. The topological polar surface area (TPSA) is 63.2 Å². The molecule has 2 rings (SSSR count). The van der Waals surface area contributed by atoms with Crippen molar-refractivity contribution in [1.82, 2.24) is 5.32 Å². The first-order valence-electron chi connectivity index (χ1n) is 7.72. The van der Waals surface area contributed by atoms with Gasteiger partial charge in [0.1, 0.15) is 0 Å². The highest BCUT2D eigenvalue weighted by atomic mass is 32.2. The average Bonchev–Trinajstić information content (AvgIpc) is 2.78. The van der Waals surface area contributed by atoms with E-state index in [0.29, 0.717) is 12.0 Å². The van der Waals surface area contributed by atoms with Crippen LogP contribution in [0.25, 0.3) is 0 Å². The van der Waals surface area contributed by atoms with Gasteiger partial charge in [0, 0.05) is 12.5 Å². The van der Waals surface area contributed by atoms with Gasteiger partial charge in [0.2, 0.25) is 0 Å². The van der Waals surface area contributed by atoms with E-state index in [9.17, 15) is 13.2 Å². The van der Waals surface area contributed by atoms with Crippen molar-refractivity contribution >= 4 is 15.6 Å². The Kier molecular flexibility index (Phi) is 4.59. The lowest BCUT2D eigenvalue weighted by atomic mass is 9.85. The number of rotatable bonds is 4. The Morgan fingerprint density at radius 2 is 1.85 bits per heavy atom. The Balaban J connectivity index is 1.87. The van der Waals surface area contributed by atoms with E-state index in [1.807, 2.05) is 0 Å². The standard InChI is InChI=1S/C15H27NO3S/c1-15(2,3)20(18,19)9-8-14(17)13-10-11-6-4-5-7-12(11)16-13/h11-13,16H,4-10H2,1-3H3. The second kappa shape index (κ2) is 5.76. The molecule has 1 N–H and O–H groups in total. The molecule has 1 aliphatic carbocycles. The maximum absolute atomic E-state index is 12.2. The van der Waals surface area contributed by atoms with E-state index in [1.165, 1.54) is 19.3 Å². The highest BCUT2D eigenvalue weighted by Gasteiger charge is 2.38. The van der Waals surface area contributed by atoms with Gasteiger partial charge in [-0.1, -0.05) is 12.8 Å². The van der Waals surface area contributed by atoms with Crippen LogP contribution < -0.4 is 5.32 Å². The largest absolute Gasteiger partial charge is 0.304 e. The molecule has 1 saturated carbocycles. The average molecular weight is 301 g/mol. The number of fused-ring (bicyclic) bond motifs is 1. The summed E-state index contributed by atoms with van der Waals surface area (Å²) in [6, 6.07) is 0.371. The summed E-state index contributed by atoms with van der Waals surface area (Å²) >= 11 is 0. The van der Waals surface area contributed by atoms with Crippen LogP contribution in [0.4, 0.5) is 0 Å². The van der Waals surface area contributed by atoms with Crippen molar-refractivity contribution in [2.75, 3.05) is 5.75 Å². The summed E-state index contributed by atoms with van der Waals surface area (Å²) in [6.07, 6.45) is 5.93. The summed E-state index contributed by atoms with van der Waals surface area (Å²) < 4.78 is 23.3. The van der Waals surface area contributed by atoms with Crippen LogP contribution in [0.15, 0.2) is 0 Å². The molecule has 5 heteroatoms. The molecule has 0 spiro atoms. The molecular formula is C15H27NO3S. The van der Waals surface area contributed by atoms with E-state index in [1.54, 1.807) is 20.8 Å². The third kappa shape index (κ3) is 3.42. The number of carbonyl (C=O) groups is 1. The van der Waals surface area contributed by atoms with Crippen LogP contribution in [0.1, 0.15) is 59.3 Å². The van der Waals surface area contributed by atoms with Gasteiger partial charge in [0.15, 0.2) is 15.6 Å². The maximum Gasteiger partial charge on any atom is 0.155 e. The van der Waals surface area contributed by atoms with Crippen molar-refractivity contribution in [1.29, 1.82) is 0 Å². The van der Waals surface area contributed by atoms with Crippen molar-refractivity contribution in [3.8, 4) is 0 Å². The number of nitrogens with one attached hydrogen (secondary N) is 1. The number of Topliss-reactive ketones (excluding diaryl/α,β-unsaturated/α-hetero) is 1. The van der Waals surface area contributed by atoms with E-state index in [-0.39, 0.29) is 24.0 Å². The number of ketones is 1. The summed E-state index contributed by atoms with van der Waals surface area (Å²) in [6.45, 7) is 5.07. The van der Waals surface area contributed by atoms with Crippen molar-refractivity contribution in [2.24, 2.45) is 5.92 Å². The summed E-state index contributed by atoms with van der Waals surface area (Å²) in [5.74, 6) is 0.673. The Hall–Kier alpha value is -0.420. The lowest BCUT2D eigenvalue weighted by Gasteiger charge is -2.24. The molecular weight excluding hydrogens is 274 g/mol. The van der Waals surface area contributed by atoms with Gasteiger partial charge < -0.3 is 5.32 Å². The highest BCUT2D eigenvalue weighted by Crippen LogP contribution is 2.33. The molecule has 20 heavy (non-hydrogen) atoms. The van der Waals surface area contributed by atoms with E-state index in [2.05, 4.69) is 5.32 Å². The van der Waals surface area contributed by atoms with Crippen LogP contribution in [0, 0.1) is 5.92 Å². The summed E-state index contributed by atoms with van der Waals surface area (Å²) in [7, 11) is -3.20. The van der Waals surface area contributed by atoms with Gasteiger partial charge in [-0.15, -0.1) is 0 Å². The van der Waals surface area contributed by atoms with Crippen molar-refractivity contribution < 1.29 is 13.2 Å². The number of hydrogen-bond donors (Lipinski definition) is 1. The highest BCUT2D eigenvalue weighted by molar-refractivity contribution is 7.92. The van der Waals surface area contributed by atoms with Crippen LogP contribution in [0.3, 0.4) is 0 Å². The van der Waals surface area contributed by atoms with E-state index >= 15 is 0 Å². The molecule has 0 amide bonds. The molecule has 116 valence electrons. The lowest BCUT2D eigenvalue weighted by Crippen LogP contribution is -2.38. The predicted molar refractivity (Wildman–Crippen MR) is 80.5 cm³/mol. The Morgan fingerprint density at radius 1 is 1.20 bits per heavy atom. The maximum atomic E-state index is 12.2. The predicted octanol–water partition coefficient (Wildman–Crippen LogP) is 2.08. The fourth-order valence-corrected chi connectivity index (χ4v) is 4.36. The van der Waals surface area contributed by atoms with Crippen molar-refractivity contribution in [3.63, 3.8) is 0 Å². The molecule has 0 aromatic rings. The van der Waals surface area contributed by atoms with E-state index in [0.717, 1.165) is 12.8 Å². The third-order valence-corrected chi connectivity index (χ3v) is 7.41. The molecule has 3 unspecified atom stereocenters. The van der Waals surface area contributed by atoms with Gasteiger partial charge in [0.25, 0.3) is 0 Å². The molecule has 1 saturated heterocycles. The van der Waals surface area contributed by atoms with Gasteiger partial charge in [-0.25, -0.2) is 8.42 Å². The number of sulfone groups is 1. The zero-order valence-corrected chi connectivity index (χ0v) is 13.6. The Bertz CT molecular complexity index is 450. The minimum Gasteiger partial charge on any atom is -0.304 e. The molecule has 2 fully saturated rings. The normalized spacial score (nSPS) is 31.1.